The zero-order valence-electron chi connectivity index (χ0n) is 13.5. The summed E-state index contributed by atoms with van der Waals surface area (Å²) in [5, 5.41) is 0. The standard InChI is InChI=1S/C17H25N3O2/c1-3-8-20-11-7-17(16(20)22)6-10-19(13-17)12-14-5-4-9-18(2)15(14)21/h4-5,9H,3,6-8,10-13H2,1-2H3. The van der Waals surface area contributed by atoms with Crippen LogP contribution in [0.5, 0.6) is 0 Å². The molecule has 3 heterocycles. The fourth-order valence-corrected chi connectivity index (χ4v) is 3.86. The van der Waals surface area contributed by atoms with E-state index in [1.54, 1.807) is 17.8 Å². The van der Waals surface area contributed by atoms with Gasteiger partial charge in [-0.2, -0.15) is 0 Å². The lowest BCUT2D eigenvalue weighted by Crippen LogP contribution is -2.37. The van der Waals surface area contributed by atoms with Crippen LogP contribution in [-0.4, -0.2) is 46.5 Å². The van der Waals surface area contributed by atoms with Gasteiger partial charge in [0.05, 0.1) is 5.41 Å². The minimum atomic E-state index is -0.185. The van der Waals surface area contributed by atoms with Gasteiger partial charge in [0.1, 0.15) is 0 Å². The number of rotatable bonds is 4. The zero-order valence-corrected chi connectivity index (χ0v) is 13.5. The Morgan fingerprint density at radius 3 is 2.77 bits per heavy atom. The summed E-state index contributed by atoms with van der Waals surface area (Å²) in [5.74, 6) is 0.331. The van der Waals surface area contributed by atoms with E-state index in [4.69, 9.17) is 0 Å². The molecule has 1 unspecified atom stereocenters. The van der Waals surface area contributed by atoms with Gasteiger partial charge in [-0.15, -0.1) is 0 Å². The van der Waals surface area contributed by atoms with Crippen LogP contribution in [0.2, 0.25) is 0 Å². The van der Waals surface area contributed by atoms with Crippen molar-refractivity contribution in [2.45, 2.75) is 32.7 Å². The first-order valence-electron chi connectivity index (χ1n) is 8.22. The van der Waals surface area contributed by atoms with Crippen molar-refractivity contribution in [2.24, 2.45) is 12.5 Å². The summed E-state index contributed by atoms with van der Waals surface area (Å²) < 4.78 is 1.62. The monoisotopic (exact) mass is 303 g/mol. The van der Waals surface area contributed by atoms with Crippen molar-refractivity contribution in [2.75, 3.05) is 26.2 Å². The molecule has 2 aliphatic heterocycles. The molecule has 0 saturated carbocycles. The van der Waals surface area contributed by atoms with Gasteiger partial charge in [0.25, 0.3) is 5.56 Å². The average Bonchev–Trinajstić information content (AvgIpc) is 3.04. The first-order valence-corrected chi connectivity index (χ1v) is 8.22. The van der Waals surface area contributed by atoms with Crippen LogP contribution in [0.3, 0.4) is 0 Å². The summed E-state index contributed by atoms with van der Waals surface area (Å²) in [6.45, 7) is 6.24. The van der Waals surface area contributed by atoms with Gasteiger partial charge in [0.15, 0.2) is 0 Å². The van der Waals surface area contributed by atoms with Gasteiger partial charge in [-0.25, -0.2) is 0 Å². The molecule has 0 N–H and O–H groups in total. The lowest BCUT2D eigenvalue weighted by atomic mass is 9.85. The van der Waals surface area contributed by atoms with E-state index < -0.39 is 0 Å². The predicted molar refractivity (Wildman–Crippen MR) is 85.5 cm³/mol. The summed E-state index contributed by atoms with van der Waals surface area (Å²) in [6, 6.07) is 3.81. The van der Waals surface area contributed by atoms with E-state index in [0.717, 1.165) is 51.0 Å². The van der Waals surface area contributed by atoms with E-state index in [9.17, 15) is 9.59 Å². The molecule has 22 heavy (non-hydrogen) atoms. The van der Waals surface area contributed by atoms with Crippen LogP contribution in [0, 0.1) is 5.41 Å². The average molecular weight is 303 g/mol. The maximum atomic E-state index is 12.7. The van der Waals surface area contributed by atoms with Crippen LogP contribution in [-0.2, 0) is 18.4 Å². The molecule has 3 rings (SSSR count). The molecule has 2 saturated heterocycles. The molecule has 2 fully saturated rings. The topological polar surface area (TPSA) is 45.5 Å². The van der Waals surface area contributed by atoms with Crippen molar-refractivity contribution in [3.05, 3.63) is 34.2 Å². The Kier molecular flexibility index (Phi) is 4.08. The molecule has 1 aromatic heterocycles. The molecule has 0 bridgehead atoms. The Morgan fingerprint density at radius 1 is 1.23 bits per heavy atom. The van der Waals surface area contributed by atoms with Gasteiger partial charge in [-0.1, -0.05) is 13.0 Å². The molecule has 2 aliphatic rings. The van der Waals surface area contributed by atoms with Crippen LogP contribution in [0.15, 0.2) is 23.1 Å². The van der Waals surface area contributed by atoms with Crippen molar-refractivity contribution in [1.82, 2.24) is 14.4 Å². The third-order valence-corrected chi connectivity index (χ3v) is 5.12. The van der Waals surface area contributed by atoms with E-state index in [0.29, 0.717) is 12.5 Å². The Balaban J connectivity index is 1.69. The van der Waals surface area contributed by atoms with Crippen LogP contribution < -0.4 is 5.56 Å². The molecule has 5 heteroatoms. The summed E-state index contributed by atoms with van der Waals surface area (Å²) in [4.78, 5) is 29.1. The largest absolute Gasteiger partial charge is 0.342 e. The number of pyridine rings is 1. The van der Waals surface area contributed by atoms with Gasteiger partial charge >= 0.3 is 0 Å². The molecule has 5 nitrogen and oxygen atoms in total. The number of aromatic nitrogens is 1. The van der Waals surface area contributed by atoms with E-state index in [-0.39, 0.29) is 11.0 Å². The van der Waals surface area contributed by atoms with E-state index in [2.05, 4.69) is 11.8 Å². The smallest absolute Gasteiger partial charge is 0.254 e. The van der Waals surface area contributed by atoms with Crippen LogP contribution in [0.4, 0.5) is 0 Å². The third kappa shape index (κ3) is 2.58. The van der Waals surface area contributed by atoms with Crippen molar-refractivity contribution in [3.8, 4) is 0 Å². The maximum absolute atomic E-state index is 12.7. The normalized spacial score (nSPS) is 25.5. The second-order valence-electron chi connectivity index (χ2n) is 6.73. The predicted octanol–water partition coefficient (Wildman–Crippen LogP) is 1.22. The highest BCUT2D eigenvalue weighted by molar-refractivity contribution is 5.85. The van der Waals surface area contributed by atoms with Crippen LogP contribution >= 0.6 is 0 Å². The number of amides is 1. The maximum Gasteiger partial charge on any atom is 0.254 e. The number of carbonyl (C=O) groups is 1. The first kappa shape index (κ1) is 15.3. The lowest BCUT2D eigenvalue weighted by molar-refractivity contribution is -0.135. The molecule has 1 atom stereocenters. The highest BCUT2D eigenvalue weighted by Crippen LogP contribution is 2.40. The second-order valence-corrected chi connectivity index (χ2v) is 6.73. The number of hydrogen-bond donors (Lipinski definition) is 0. The highest BCUT2D eigenvalue weighted by atomic mass is 16.2. The Morgan fingerprint density at radius 2 is 2.00 bits per heavy atom. The van der Waals surface area contributed by atoms with Gasteiger partial charge in [-0.3, -0.25) is 14.5 Å². The minimum Gasteiger partial charge on any atom is -0.342 e. The molecule has 0 aliphatic carbocycles. The molecular weight excluding hydrogens is 278 g/mol. The molecule has 1 aromatic rings. The Hall–Kier alpha value is -1.62. The summed E-state index contributed by atoms with van der Waals surface area (Å²) >= 11 is 0. The van der Waals surface area contributed by atoms with E-state index >= 15 is 0 Å². The molecule has 1 spiro atoms. The summed E-state index contributed by atoms with van der Waals surface area (Å²) in [5.41, 5.74) is 0.696. The number of nitrogens with zero attached hydrogens (tertiary/aromatic N) is 3. The highest BCUT2D eigenvalue weighted by Gasteiger charge is 2.50. The number of likely N-dealkylation sites (tertiary alicyclic amines) is 2. The first-order chi connectivity index (χ1) is 10.6. The van der Waals surface area contributed by atoms with Crippen LogP contribution in [0.1, 0.15) is 31.7 Å². The summed E-state index contributed by atoms with van der Waals surface area (Å²) in [6.07, 6.45) is 4.69. The van der Waals surface area contributed by atoms with Crippen molar-refractivity contribution in [3.63, 3.8) is 0 Å². The molecular formula is C17H25N3O2. The minimum absolute atomic E-state index is 0.0637. The Labute approximate surface area is 131 Å². The summed E-state index contributed by atoms with van der Waals surface area (Å²) in [7, 11) is 1.78. The van der Waals surface area contributed by atoms with Crippen molar-refractivity contribution < 1.29 is 4.79 Å². The molecule has 0 aromatic carbocycles. The van der Waals surface area contributed by atoms with E-state index in [1.807, 2.05) is 17.0 Å². The fourth-order valence-electron chi connectivity index (χ4n) is 3.86. The SMILES string of the molecule is CCCN1CCC2(CCN(Cc3cccn(C)c3=O)C2)C1=O. The number of carbonyl (C=O) groups excluding carboxylic acids is 1. The van der Waals surface area contributed by atoms with Gasteiger partial charge in [0, 0.05) is 45.0 Å². The number of aryl methyl sites for hydroxylation is 1. The number of hydrogen-bond acceptors (Lipinski definition) is 3. The van der Waals surface area contributed by atoms with Crippen molar-refractivity contribution >= 4 is 5.91 Å². The van der Waals surface area contributed by atoms with Crippen LogP contribution in [0.25, 0.3) is 0 Å². The van der Waals surface area contributed by atoms with Gasteiger partial charge < -0.3 is 9.47 Å². The molecule has 120 valence electrons. The fraction of sp³-hybridized carbons (Fsp3) is 0.647. The van der Waals surface area contributed by atoms with Crippen molar-refractivity contribution in [1.29, 1.82) is 0 Å². The van der Waals surface area contributed by atoms with E-state index in [1.165, 1.54) is 0 Å². The molecule has 0 radical (unpaired) electrons. The molecule has 1 amide bonds. The lowest BCUT2D eigenvalue weighted by Gasteiger charge is -2.23. The Bertz CT molecular complexity index is 625. The van der Waals surface area contributed by atoms with Gasteiger partial charge in [-0.05, 0) is 31.9 Å². The zero-order chi connectivity index (χ0) is 15.7. The quantitative estimate of drug-likeness (QED) is 0.840. The van der Waals surface area contributed by atoms with Gasteiger partial charge in [0.2, 0.25) is 5.91 Å². The second kappa shape index (κ2) is 5.88. The third-order valence-electron chi connectivity index (χ3n) is 5.12.